The van der Waals surface area contributed by atoms with Crippen molar-refractivity contribution in [3.05, 3.63) is 59.9 Å². The minimum atomic E-state index is -3.72. The van der Waals surface area contributed by atoms with Gasteiger partial charge in [0.05, 0.1) is 16.6 Å². The number of anilines is 1. The third kappa shape index (κ3) is 4.85. The molecule has 6 nitrogen and oxygen atoms in total. The minimum absolute atomic E-state index is 0.0246. The van der Waals surface area contributed by atoms with Crippen molar-refractivity contribution in [1.82, 2.24) is 5.32 Å². The van der Waals surface area contributed by atoms with Crippen LogP contribution in [0, 0.1) is 5.82 Å². The van der Waals surface area contributed by atoms with Gasteiger partial charge in [0.2, 0.25) is 15.9 Å². The number of hydrogen-bond acceptors (Lipinski definition) is 4. The topological polar surface area (TPSA) is 101 Å². The number of nitrogens with one attached hydrogen (secondary N) is 2. The molecule has 0 spiro atoms. The van der Waals surface area contributed by atoms with Crippen LogP contribution in [0.5, 0.6) is 0 Å². The highest BCUT2D eigenvalue weighted by Gasteiger charge is 2.14. The van der Waals surface area contributed by atoms with E-state index in [1.54, 1.807) is 25.1 Å². The number of carbonyl (C=O) groups excluding carboxylic acids is 1. The Morgan fingerprint density at radius 1 is 1.17 bits per heavy atom. The lowest BCUT2D eigenvalue weighted by molar-refractivity contribution is -0.117. The molecule has 4 N–H and O–H groups in total. The number of para-hydroxylation sites is 1. The summed E-state index contributed by atoms with van der Waals surface area (Å²) in [6.45, 7) is 1.99. The summed E-state index contributed by atoms with van der Waals surface area (Å²) in [6.07, 6.45) is 0. The van der Waals surface area contributed by atoms with Crippen LogP contribution in [-0.2, 0) is 21.4 Å². The number of sulfonamides is 1. The first-order valence-corrected chi connectivity index (χ1v) is 8.72. The number of nitrogens with two attached hydrogens (primary N) is 1. The van der Waals surface area contributed by atoms with Gasteiger partial charge in [-0.2, -0.15) is 0 Å². The Labute approximate surface area is 139 Å². The molecule has 0 aliphatic rings. The highest BCUT2D eigenvalue weighted by Crippen LogP contribution is 2.13. The van der Waals surface area contributed by atoms with E-state index in [0.29, 0.717) is 6.54 Å². The van der Waals surface area contributed by atoms with Gasteiger partial charge in [-0.3, -0.25) is 4.79 Å². The third-order valence-electron chi connectivity index (χ3n) is 3.39. The van der Waals surface area contributed by atoms with Crippen LogP contribution in [0.2, 0.25) is 0 Å². The first kappa shape index (κ1) is 18.1. The molecule has 0 aromatic heterocycles. The largest absolute Gasteiger partial charge is 0.322 e. The number of rotatable bonds is 6. The van der Waals surface area contributed by atoms with Gasteiger partial charge in [-0.05, 0) is 36.8 Å². The molecule has 1 atom stereocenters. The first-order valence-electron chi connectivity index (χ1n) is 7.18. The van der Waals surface area contributed by atoms with E-state index in [2.05, 4.69) is 10.6 Å². The van der Waals surface area contributed by atoms with Crippen molar-refractivity contribution < 1.29 is 17.6 Å². The molecular weight excluding hydrogens is 333 g/mol. The standard InChI is InChI=1S/C16H18FN3O3S/c1-11(16(21)20-15-5-3-2-4-14(15)17)19-10-12-6-8-13(9-7-12)24(18,22)23/h2-9,11,19H,10H2,1H3,(H,20,21)(H2,18,22,23)/t11-/m1/s1. The van der Waals surface area contributed by atoms with Gasteiger partial charge in [0.1, 0.15) is 5.82 Å². The van der Waals surface area contributed by atoms with E-state index < -0.39 is 21.9 Å². The van der Waals surface area contributed by atoms with Crippen LogP contribution in [-0.4, -0.2) is 20.4 Å². The Hall–Kier alpha value is -2.29. The SMILES string of the molecule is C[C@@H](NCc1ccc(S(N)(=O)=O)cc1)C(=O)Nc1ccccc1F. The van der Waals surface area contributed by atoms with Crippen molar-refractivity contribution in [3.63, 3.8) is 0 Å². The molecule has 2 aromatic carbocycles. The zero-order valence-corrected chi connectivity index (χ0v) is 13.8. The summed E-state index contributed by atoms with van der Waals surface area (Å²) >= 11 is 0. The second-order valence-electron chi connectivity index (χ2n) is 5.26. The average Bonchev–Trinajstić information content (AvgIpc) is 2.54. The predicted octanol–water partition coefficient (Wildman–Crippen LogP) is 1.59. The Morgan fingerprint density at radius 2 is 1.79 bits per heavy atom. The van der Waals surface area contributed by atoms with Crippen LogP contribution in [0.1, 0.15) is 12.5 Å². The fourth-order valence-corrected chi connectivity index (χ4v) is 2.48. The Kier molecular flexibility index (Phi) is 5.66. The molecule has 24 heavy (non-hydrogen) atoms. The summed E-state index contributed by atoms with van der Waals surface area (Å²) in [5, 5.41) is 10.5. The maximum Gasteiger partial charge on any atom is 0.241 e. The molecule has 0 bridgehead atoms. The van der Waals surface area contributed by atoms with Crippen molar-refractivity contribution >= 4 is 21.6 Å². The molecule has 0 saturated heterocycles. The molecule has 0 aliphatic heterocycles. The Morgan fingerprint density at radius 3 is 2.38 bits per heavy atom. The molecule has 0 radical (unpaired) electrons. The molecule has 0 aliphatic carbocycles. The van der Waals surface area contributed by atoms with Gasteiger partial charge in [-0.1, -0.05) is 24.3 Å². The number of halogens is 1. The lowest BCUT2D eigenvalue weighted by atomic mass is 10.2. The van der Waals surface area contributed by atoms with Gasteiger partial charge in [-0.25, -0.2) is 17.9 Å². The number of primary sulfonamides is 1. The number of amides is 1. The van der Waals surface area contributed by atoms with Crippen LogP contribution >= 0.6 is 0 Å². The van der Waals surface area contributed by atoms with E-state index in [0.717, 1.165) is 5.56 Å². The maximum absolute atomic E-state index is 13.5. The van der Waals surface area contributed by atoms with Crippen LogP contribution in [0.25, 0.3) is 0 Å². The molecule has 0 saturated carbocycles. The predicted molar refractivity (Wildman–Crippen MR) is 89.1 cm³/mol. The Bertz CT molecular complexity index is 823. The van der Waals surface area contributed by atoms with Crippen molar-refractivity contribution in [2.45, 2.75) is 24.4 Å². The van der Waals surface area contributed by atoms with Crippen LogP contribution in [0.3, 0.4) is 0 Å². The second kappa shape index (κ2) is 7.52. The van der Waals surface area contributed by atoms with E-state index >= 15 is 0 Å². The Balaban J connectivity index is 1.92. The molecule has 128 valence electrons. The highest BCUT2D eigenvalue weighted by atomic mass is 32.2. The summed E-state index contributed by atoms with van der Waals surface area (Å²) in [5.74, 6) is -0.877. The summed E-state index contributed by atoms with van der Waals surface area (Å²) in [5.41, 5.74) is 0.904. The molecule has 0 unspecified atom stereocenters. The van der Waals surface area contributed by atoms with Crippen molar-refractivity contribution in [2.75, 3.05) is 5.32 Å². The van der Waals surface area contributed by atoms with E-state index in [-0.39, 0.29) is 16.5 Å². The molecule has 0 heterocycles. The lowest BCUT2D eigenvalue weighted by Gasteiger charge is -2.14. The zero-order chi connectivity index (χ0) is 17.7. The highest BCUT2D eigenvalue weighted by molar-refractivity contribution is 7.89. The van der Waals surface area contributed by atoms with E-state index in [4.69, 9.17) is 5.14 Å². The van der Waals surface area contributed by atoms with Crippen molar-refractivity contribution in [3.8, 4) is 0 Å². The normalized spacial score (nSPS) is 12.6. The van der Waals surface area contributed by atoms with Crippen molar-refractivity contribution in [2.24, 2.45) is 5.14 Å². The van der Waals surface area contributed by atoms with Crippen LogP contribution < -0.4 is 15.8 Å². The molecule has 2 aromatic rings. The number of hydrogen-bond donors (Lipinski definition) is 3. The monoisotopic (exact) mass is 351 g/mol. The molecule has 0 fully saturated rings. The number of carbonyl (C=O) groups is 1. The molecule has 1 amide bonds. The van der Waals surface area contributed by atoms with Gasteiger partial charge < -0.3 is 10.6 Å². The molecule has 8 heteroatoms. The number of benzene rings is 2. The van der Waals surface area contributed by atoms with Crippen LogP contribution in [0.4, 0.5) is 10.1 Å². The molecule has 2 rings (SSSR count). The smallest absolute Gasteiger partial charge is 0.241 e. The quantitative estimate of drug-likeness (QED) is 0.735. The van der Waals surface area contributed by atoms with Gasteiger partial charge in [0.15, 0.2) is 0 Å². The van der Waals surface area contributed by atoms with Gasteiger partial charge in [-0.15, -0.1) is 0 Å². The molecular formula is C16H18FN3O3S. The summed E-state index contributed by atoms with van der Waals surface area (Å²) < 4.78 is 35.9. The van der Waals surface area contributed by atoms with E-state index in [1.807, 2.05) is 0 Å². The van der Waals surface area contributed by atoms with E-state index in [9.17, 15) is 17.6 Å². The van der Waals surface area contributed by atoms with Gasteiger partial charge in [0, 0.05) is 6.54 Å². The zero-order valence-electron chi connectivity index (χ0n) is 13.0. The lowest BCUT2D eigenvalue weighted by Crippen LogP contribution is -2.37. The summed E-state index contributed by atoms with van der Waals surface area (Å²) in [6, 6.07) is 11.4. The van der Waals surface area contributed by atoms with Gasteiger partial charge in [0.25, 0.3) is 0 Å². The van der Waals surface area contributed by atoms with E-state index in [1.165, 1.54) is 30.3 Å². The van der Waals surface area contributed by atoms with Crippen LogP contribution in [0.15, 0.2) is 53.4 Å². The maximum atomic E-state index is 13.5. The average molecular weight is 351 g/mol. The minimum Gasteiger partial charge on any atom is -0.322 e. The van der Waals surface area contributed by atoms with Gasteiger partial charge >= 0.3 is 0 Å². The fourth-order valence-electron chi connectivity index (χ4n) is 1.96. The second-order valence-corrected chi connectivity index (χ2v) is 6.82. The first-order chi connectivity index (χ1) is 11.3. The van der Waals surface area contributed by atoms with Crippen molar-refractivity contribution in [1.29, 1.82) is 0 Å². The summed E-state index contributed by atoms with van der Waals surface area (Å²) in [7, 11) is -3.72. The summed E-state index contributed by atoms with van der Waals surface area (Å²) in [4.78, 5) is 12.1. The third-order valence-corrected chi connectivity index (χ3v) is 4.32. The fraction of sp³-hybridized carbons (Fsp3) is 0.188.